The lowest BCUT2D eigenvalue weighted by Crippen LogP contribution is -2.11. The number of fused-ring (bicyclic) bond motifs is 2. The Morgan fingerprint density at radius 3 is 2.79 bits per heavy atom. The van der Waals surface area contributed by atoms with E-state index in [1.54, 1.807) is 6.07 Å². The lowest BCUT2D eigenvalue weighted by atomic mass is 9.92. The van der Waals surface area contributed by atoms with Crippen molar-refractivity contribution in [1.29, 1.82) is 0 Å². The molecule has 1 aromatic heterocycles. The largest absolute Gasteiger partial charge is 0.384 e. The highest BCUT2D eigenvalue weighted by molar-refractivity contribution is 6.38. The van der Waals surface area contributed by atoms with Crippen molar-refractivity contribution in [2.45, 2.75) is 32.6 Å². The third-order valence-corrected chi connectivity index (χ3v) is 4.14. The summed E-state index contributed by atoms with van der Waals surface area (Å²) < 4.78 is 0. The molecule has 19 heavy (non-hydrogen) atoms. The maximum absolute atomic E-state index is 6.30. The zero-order valence-corrected chi connectivity index (χ0v) is 12.4. The van der Waals surface area contributed by atoms with E-state index in [1.807, 2.05) is 6.07 Å². The Bertz CT molecular complexity index is 638. The zero-order chi connectivity index (χ0) is 13.4. The van der Waals surface area contributed by atoms with Crippen molar-refractivity contribution in [1.82, 2.24) is 4.98 Å². The molecular formula is C15H16Cl2N2. The molecule has 1 aliphatic rings. The van der Waals surface area contributed by atoms with Crippen LogP contribution in [-0.2, 0) is 12.8 Å². The molecule has 0 amide bonds. The number of nitrogens with zero attached hydrogens (tertiary/aromatic N) is 1. The van der Waals surface area contributed by atoms with Crippen LogP contribution < -0.4 is 5.32 Å². The Labute approximate surface area is 123 Å². The molecule has 2 aromatic rings. The van der Waals surface area contributed by atoms with Gasteiger partial charge in [0, 0.05) is 28.3 Å². The van der Waals surface area contributed by atoms with Crippen molar-refractivity contribution in [3.8, 4) is 0 Å². The van der Waals surface area contributed by atoms with E-state index in [4.69, 9.17) is 28.2 Å². The van der Waals surface area contributed by atoms with Crippen LogP contribution >= 0.6 is 23.2 Å². The Kier molecular flexibility index (Phi) is 3.55. The highest BCUT2D eigenvalue weighted by atomic mass is 35.5. The van der Waals surface area contributed by atoms with Crippen LogP contribution in [0.3, 0.4) is 0 Å². The van der Waals surface area contributed by atoms with Crippen LogP contribution in [0.5, 0.6) is 0 Å². The van der Waals surface area contributed by atoms with E-state index in [-0.39, 0.29) is 0 Å². The molecule has 4 heteroatoms. The number of rotatable bonds is 2. The molecule has 0 saturated carbocycles. The average Bonchev–Trinajstić information content (AvgIpc) is 2.40. The molecule has 0 bridgehead atoms. The third-order valence-electron chi connectivity index (χ3n) is 3.64. The Morgan fingerprint density at radius 2 is 2.00 bits per heavy atom. The number of aryl methyl sites for hydroxylation is 1. The summed E-state index contributed by atoms with van der Waals surface area (Å²) in [6, 6.07) is 3.73. The van der Waals surface area contributed by atoms with Crippen LogP contribution in [0, 0.1) is 0 Å². The maximum atomic E-state index is 6.30. The van der Waals surface area contributed by atoms with Crippen LogP contribution in [0.1, 0.15) is 31.0 Å². The molecule has 0 saturated heterocycles. The topological polar surface area (TPSA) is 24.9 Å². The number of aromatic nitrogens is 1. The van der Waals surface area contributed by atoms with Crippen molar-refractivity contribution in [2.24, 2.45) is 0 Å². The average molecular weight is 295 g/mol. The minimum Gasteiger partial charge on any atom is -0.384 e. The molecule has 0 fully saturated rings. The number of hydrogen-bond donors (Lipinski definition) is 1. The van der Waals surface area contributed by atoms with E-state index < -0.39 is 0 Å². The lowest BCUT2D eigenvalue weighted by molar-refractivity contribution is 0.672. The van der Waals surface area contributed by atoms with Gasteiger partial charge in [-0.05, 0) is 50.3 Å². The summed E-state index contributed by atoms with van der Waals surface area (Å²) >= 11 is 12.4. The number of halogens is 2. The van der Waals surface area contributed by atoms with Gasteiger partial charge in [0.2, 0.25) is 0 Å². The molecule has 1 heterocycles. The Morgan fingerprint density at radius 1 is 1.21 bits per heavy atom. The molecule has 2 nitrogen and oxygen atoms in total. The molecule has 100 valence electrons. The van der Waals surface area contributed by atoms with E-state index in [9.17, 15) is 0 Å². The van der Waals surface area contributed by atoms with Gasteiger partial charge in [0.1, 0.15) is 0 Å². The SMILES string of the molecule is CCNc1c2c(nc3c(Cl)cc(Cl)cc13)CCCC2. The van der Waals surface area contributed by atoms with Crippen LogP contribution in [0.15, 0.2) is 12.1 Å². The number of anilines is 1. The van der Waals surface area contributed by atoms with Gasteiger partial charge < -0.3 is 5.32 Å². The van der Waals surface area contributed by atoms with Gasteiger partial charge in [-0.1, -0.05) is 23.2 Å². The first-order valence-corrected chi connectivity index (χ1v) is 7.50. The predicted octanol–water partition coefficient (Wildman–Crippen LogP) is 4.85. The second-order valence-electron chi connectivity index (χ2n) is 4.93. The van der Waals surface area contributed by atoms with Crippen molar-refractivity contribution in [3.05, 3.63) is 33.4 Å². The normalized spacial score (nSPS) is 14.5. The molecular weight excluding hydrogens is 279 g/mol. The van der Waals surface area contributed by atoms with Crippen molar-refractivity contribution in [3.63, 3.8) is 0 Å². The van der Waals surface area contributed by atoms with E-state index in [2.05, 4.69) is 12.2 Å². The first-order valence-electron chi connectivity index (χ1n) is 6.75. The molecule has 0 radical (unpaired) electrons. The van der Waals surface area contributed by atoms with Gasteiger partial charge in [-0.2, -0.15) is 0 Å². The standard InChI is InChI=1S/C15H16Cl2N2/c1-2-18-14-10-5-3-4-6-13(10)19-15-11(14)7-9(16)8-12(15)17/h7-8H,2-6H2,1H3,(H,18,19). The fourth-order valence-electron chi connectivity index (χ4n) is 2.83. The number of hydrogen-bond acceptors (Lipinski definition) is 2. The summed E-state index contributed by atoms with van der Waals surface area (Å²) in [4.78, 5) is 4.77. The summed E-state index contributed by atoms with van der Waals surface area (Å²) in [5.41, 5.74) is 4.58. The van der Waals surface area contributed by atoms with Crippen LogP contribution in [0.4, 0.5) is 5.69 Å². The Balaban J connectivity index is 2.35. The minimum absolute atomic E-state index is 0.634. The zero-order valence-electron chi connectivity index (χ0n) is 10.9. The number of benzene rings is 1. The summed E-state index contributed by atoms with van der Waals surface area (Å²) in [5.74, 6) is 0. The van der Waals surface area contributed by atoms with E-state index in [0.29, 0.717) is 10.0 Å². The molecule has 0 spiro atoms. The molecule has 1 aromatic carbocycles. The first kappa shape index (κ1) is 13.0. The summed E-state index contributed by atoms with van der Waals surface area (Å²) in [6.07, 6.45) is 4.57. The Hall–Kier alpha value is -0.990. The second-order valence-corrected chi connectivity index (χ2v) is 5.78. The van der Waals surface area contributed by atoms with Crippen molar-refractivity contribution >= 4 is 39.8 Å². The molecule has 0 aliphatic heterocycles. The van der Waals surface area contributed by atoms with Crippen molar-refractivity contribution < 1.29 is 0 Å². The quantitative estimate of drug-likeness (QED) is 0.856. The summed E-state index contributed by atoms with van der Waals surface area (Å²) in [5, 5.41) is 5.81. The summed E-state index contributed by atoms with van der Waals surface area (Å²) in [7, 11) is 0. The molecule has 1 N–H and O–H groups in total. The van der Waals surface area contributed by atoms with Crippen LogP contribution in [0.25, 0.3) is 10.9 Å². The van der Waals surface area contributed by atoms with Gasteiger partial charge in [-0.3, -0.25) is 4.98 Å². The van der Waals surface area contributed by atoms with E-state index in [0.717, 1.165) is 30.3 Å². The molecule has 0 atom stereocenters. The van der Waals surface area contributed by atoms with Gasteiger partial charge in [-0.25, -0.2) is 0 Å². The maximum Gasteiger partial charge on any atom is 0.0913 e. The van der Waals surface area contributed by atoms with E-state index >= 15 is 0 Å². The number of nitrogens with one attached hydrogen (secondary N) is 1. The van der Waals surface area contributed by atoms with Crippen LogP contribution in [0.2, 0.25) is 10.0 Å². The van der Waals surface area contributed by atoms with Crippen molar-refractivity contribution in [2.75, 3.05) is 11.9 Å². The summed E-state index contributed by atoms with van der Waals surface area (Å²) in [6.45, 7) is 2.99. The van der Waals surface area contributed by atoms with Gasteiger partial charge in [0.25, 0.3) is 0 Å². The van der Waals surface area contributed by atoms with Gasteiger partial charge >= 0.3 is 0 Å². The highest BCUT2D eigenvalue weighted by Gasteiger charge is 2.19. The fraction of sp³-hybridized carbons (Fsp3) is 0.400. The number of pyridine rings is 1. The fourth-order valence-corrected chi connectivity index (χ4v) is 3.36. The monoisotopic (exact) mass is 294 g/mol. The second kappa shape index (κ2) is 5.18. The first-order chi connectivity index (χ1) is 9.20. The van der Waals surface area contributed by atoms with E-state index in [1.165, 1.54) is 29.8 Å². The highest BCUT2D eigenvalue weighted by Crippen LogP contribution is 2.37. The van der Waals surface area contributed by atoms with Gasteiger partial charge in [-0.15, -0.1) is 0 Å². The lowest BCUT2D eigenvalue weighted by Gasteiger charge is -2.21. The predicted molar refractivity (Wildman–Crippen MR) is 82.6 cm³/mol. The minimum atomic E-state index is 0.634. The van der Waals surface area contributed by atoms with Crippen LogP contribution in [-0.4, -0.2) is 11.5 Å². The molecule has 0 unspecified atom stereocenters. The molecule has 3 rings (SSSR count). The third kappa shape index (κ3) is 2.28. The van der Waals surface area contributed by atoms with Gasteiger partial charge in [0.05, 0.1) is 10.5 Å². The van der Waals surface area contributed by atoms with Gasteiger partial charge in [0.15, 0.2) is 0 Å². The molecule has 1 aliphatic carbocycles. The smallest absolute Gasteiger partial charge is 0.0913 e.